The van der Waals surface area contributed by atoms with Crippen LogP contribution in [0.3, 0.4) is 0 Å². The number of hydrogen-bond acceptors (Lipinski definition) is 4. The average molecular weight is 330 g/mol. The molecule has 1 saturated heterocycles. The number of piperidine rings is 1. The highest BCUT2D eigenvalue weighted by atomic mass is 19.1. The SMILES string of the molecule is COc1ccc(C(=O)N2CCC(O)(c3cccnc3F)CC2)cc1. The Hall–Kier alpha value is -2.47. The first-order chi connectivity index (χ1) is 11.5. The maximum absolute atomic E-state index is 13.8. The van der Waals surface area contributed by atoms with Crippen LogP contribution in [0.5, 0.6) is 5.75 Å². The van der Waals surface area contributed by atoms with E-state index in [4.69, 9.17) is 4.74 Å². The number of rotatable bonds is 3. The van der Waals surface area contributed by atoms with Crippen LogP contribution in [-0.2, 0) is 5.60 Å². The van der Waals surface area contributed by atoms with Gasteiger partial charge in [0.05, 0.1) is 12.7 Å². The highest BCUT2D eigenvalue weighted by Gasteiger charge is 2.37. The van der Waals surface area contributed by atoms with Crippen molar-refractivity contribution in [2.24, 2.45) is 0 Å². The Bertz CT molecular complexity index is 725. The van der Waals surface area contributed by atoms with Crippen LogP contribution < -0.4 is 4.74 Å². The summed E-state index contributed by atoms with van der Waals surface area (Å²) in [5.74, 6) is -0.0760. The Morgan fingerprint density at radius 3 is 2.50 bits per heavy atom. The monoisotopic (exact) mass is 330 g/mol. The molecule has 0 unspecified atom stereocenters. The van der Waals surface area contributed by atoms with E-state index in [2.05, 4.69) is 4.98 Å². The van der Waals surface area contributed by atoms with Gasteiger partial charge in [0, 0.05) is 30.4 Å². The summed E-state index contributed by atoms with van der Waals surface area (Å²) < 4.78 is 18.9. The normalized spacial score (nSPS) is 16.7. The molecule has 0 atom stereocenters. The summed E-state index contributed by atoms with van der Waals surface area (Å²) in [4.78, 5) is 17.8. The summed E-state index contributed by atoms with van der Waals surface area (Å²) in [6, 6.07) is 10.0. The van der Waals surface area contributed by atoms with E-state index in [1.54, 1.807) is 48.4 Å². The van der Waals surface area contributed by atoms with Crippen molar-refractivity contribution in [1.29, 1.82) is 0 Å². The Morgan fingerprint density at radius 1 is 1.25 bits per heavy atom. The highest BCUT2D eigenvalue weighted by molar-refractivity contribution is 5.94. The first-order valence-electron chi connectivity index (χ1n) is 7.80. The third-order valence-corrected chi connectivity index (χ3v) is 4.48. The van der Waals surface area contributed by atoms with E-state index in [1.165, 1.54) is 6.20 Å². The number of benzene rings is 1. The number of halogens is 1. The van der Waals surface area contributed by atoms with Crippen LogP contribution in [0.1, 0.15) is 28.8 Å². The van der Waals surface area contributed by atoms with Gasteiger partial charge in [-0.05, 0) is 43.2 Å². The highest BCUT2D eigenvalue weighted by Crippen LogP contribution is 2.34. The van der Waals surface area contributed by atoms with E-state index in [0.29, 0.717) is 24.4 Å². The molecule has 0 saturated carbocycles. The lowest BCUT2D eigenvalue weighted by atomic mass is 9.85. The van der Waals surface area contributed by atoms with Crippen molar-refractivity contribution in [3.63, 3.8) is 0 Å². The van der Waals surface area contributed by atoms with Crippen molar-refractivity contribution >= 4 is 5.91 Å². The van der Waals surface area contributed by atoms with Crippen molar-refractivity contribution in [2.45, 2.75) is 18.4 Å². The quantitative estimate of drug-likeness (QED) is 0.878. The first kappa shape index (κ1) is 16.4. The number of nitrogens with zero attached hydrogens (tertiary/aromatic N) is 2. The number of ether oxygens (including phenoxy) is 1. The van der Waals surface area contributed by atoms with Gasteiger partial charge in [0.2, 0.25) is 5.95 Å². The lowest BCUT2D eigenvalue weighted by Crippen LogP contribution is -2.45. The Kier molecular flexibility index (Phi) is 4.49. The minimum absolute atomic E-state index is 0.105. The number of carbonyl (C=O) groups is 1. The van der Waals surface area contributed by atoms with Gasteiger partial charge in [0.25, 0.3) is 5.91 Å². The smallest absolute Gasteiger partial charge is 0.253 e. The predicted octanol–water partition coefficient (Wildman–Crippen LogP) is 2.35. The fraction of sp³-hybridized carbons (Fsp3) is 0.333. The lowest BCUT2D eigenvalue weighted by Gasteiger charge is -2.38. The van der Waals surface area contributed by atoms with Crippen molar-refractivity contribution in [3.05, 3.63) is 59.7 Å². The molecule has 1 aromatic heterocycles. The molecule has 1 amide bonds. The molecule has 0 radical (unpaired) electrons. The van der Waals surface area contributed by atoms with Crippen LogP contribution in [0.4, 0.5) is 4.39 Å². The van der Waals surface area contributed by atoms with Gasteiger partial charge in [-0.25, -0.2) is 4.98 Å². The first-order valence-corrected chi connectivity index (χ1v) is 7.80. The van der Waals surface area contributed by atoms with E-state index in [1.807, 2.05) is 0 Å². The lowest BCUT2D eigenvalue weighted by molar-refractivity contribution is -0.0241. The van der Waals surface area contributed by atoms with Gasteiger partial charge in [0.15, 0.2) is 0 Å². The number of pyridine rings is 1. The third-order valence-electron chi connectivity index (χ3n) is 4.48. The average Bonchev–Trinajstić information content (AvgIpc) is 2.62. The molecule has 6 heteroatoms. The predicted molar refractivity (Wildman–Crippen MR) is 86.2 cm³/mol. The number of carbonyl (C=O) groups excluding carboxylic acids is 1. The van der Waals surface area contributed by atoms with Gasteiger partial charge in [-0.1, -0.05) is 6.07 Å². The Balaban J connectivity index is 1.70. The molecule has 1 N–H and O–H groups in total. The maximum atomic E-state index is 13.8. The van der Waals surface area contributed by atoms with Crippen molar-refractivity contribution < 1.29 is 19.0 Å². The number of methoxy groups -OCH3 is 1. The van der Waals surface area contributed by atoms with Crippen LogP contribution in [0, 0.1) is 5.95 Å². The summed E-state index contributed by atoms with van der Waals surface area (Å²) in [5, 5.41) is 10.7. The largest absolute Gasteiger partial charge is 0.497 e. The zero-order chi connectivity index (χ0) is 17.2. The van der Waals surface area contributed by atoms with Gasteiger partial charge >= 0.3 is 0 Å². The number of aromatic nitrogens is 1. The molecule has 0 bridgehead atoms. The second-order valence-corrected chi connectivity index (χ2v) is 5.89. The van der Waals surface area contributed by atoms with Crippen LogP contribution in [-0.4, -0.2) is 41.1 Å². The molecule has 2 heterocycles. The molecule has 1 aliphatic heterocycles. The fourth-order valence-corrected chi connectivity index (χ4v) is 3.00. The molecule has 0 aliphatic carbocycles. The summed E-state index contributed by atoms with van der Waals surface area (Å²) in [6.45, 7) is 0.714. The van der Waals surface area contributed by atoms with Crippen LogP contribution >= 0.6 is 0 Å². The molecule has 0 spiro atoms. The Morgan fingerprint density at radius 2 is 1.92 bits per heavy atom. The molecular weight excluding hydrogens is 311 g/mol. The second kappa shape index (κ2) is 6.57. The number of aliphatic hydroxyl groups is 1. The van der Waals surface area contributed by atoms with E-state index >= 15 is 0 Å². The van der Waals surface area contributed by atoms with E-state index in [-0.39, 0.29) is 24.3 Å². The standard InChI is InChI=1S/C18H19FN2O3/c1-24-14-6-4-13(5-7-14)17(22)21-11-8-18(23,9-12-21)15-3-2-10-20-16(15)19/h2-7,10,23H,8-9,11-12H2,1H3. The second-order valence-electron chi connectivity index (χ2n) is 5.89. The molecule has 126 valence electrons. The summed E-state index contributed by atoms with van der Waals surface area (Å²) in [5.41, 5.74) is -0.523. The molecule has 1 fully saturated rings. The molecule has 1 aliphatic rings. The third kappa shape index (κ3) is 3.10. The number of likely N-dealkylation sites (tertiary alicyclic amines) is 1. The molecule has 5 nitrogen and oxygen atoms in total. The zero-order valence-corrected chi connectivity index (χ0v) is 13.4. The number of amides is 1. The van der Waals surface area contributed by atoms with Crippen LogP contribution in [0.25, 0.3) is 0 Å². The zero-order valence-electron chi connectivity index (χ0n) is 13.4. The molecule has 2 aromatic rings. The number of hydrogen-bond donors (Lipinski definition) is 1. The van der Waals surface area contributed by atoms with Crippen LogP contribution in [0.15, 0.2) is 42.6 Å². The summed E-state index contributed by atoms with van der Waals surface area (Å²) in [6.07, 6.45) is 1.90. The maximum Gasteiger partial charge on any atom is 0.253 e. The molecule has 24 heavy (non-hydrogen) atoms. The van der Waals surface area contributed by atoms with Gasteiger partial charge < -0.3 is 14.7 Å². The van der Waals surface area contributed by atoms with Crippen molar-refractivity contribution in [3.8, 4) is 5.75 Å². The van der Waals surface area contributed by atoms with Crippen molar-refractivity contribution in [1.82, 2.24) is 9.88 Å². The van der Waals surface area contributed by atoms with E-state index in [0.717, 1.165) is 0 Å². The Labute approximate surface area is 139 Å². The van der Waals surface area contributed by atoms with Crippen molar-refractivity contribution in [2.75, 3.05) is 20.2 Å². The van der Waals surface area contributed by atoms with Crippen LogP contribution in [0.2, 0.25) is 0 Å². The molecule has 1 aromatic carbocycles. The van der Waals surface area contributed by atoms with Gasteiger partial charge in [0.1, 0.15) is 5.75 Å². The fourth-order valence-electron chi connectivity index (χ4n) is 3.00. The van der Waals surface area contributed by atoms with E-state index < -0.39 is 11.5 Å². The minimum atomic E-state index is -1.28. The molecular formula is C18H19FN2O3. The van der Waals surface area contributed by atoms with Gasteiger partial charge in [-0.2, -0.15) is 4.39 Å². The molecule has 3 rings (SSSR count). The summed E-state index contributed by atoms with van der Waals surface area (Å²) in [7, 11) is 1.57. The summed E-state index contributed by atoms with van der Waals surface area (Å²) >= 11 is 0. The topological polar surface area (TPSA) is 62.7 Å². The minimum Gasteiger partial charge on any atom is -0.497 e. The van der Waals surface area contributed by atoms with E-state index in [9.17, 15) is 14.3 Å². The van der Waals surface area contributed by atoms with Gasteiger partial charge in [-0.15, -0.1) is 0 Å². The van der Waals surface area contributed by atoms with Gasteiger partial charge in [-0.3, -0.25) is 4.79 Å².